The molecule has 96 valence electrons. The average Bonchev–Trinajstić information content (AvgIpc) is 2.75. The van der Waals surface area contributed by atoms with Gasteiger partial charge in [0.2, 0.25) is 0 Å². The van der Waals surface area contributed by atoms with E-state index >= 15 is 0 Å². The average molecular weight is 261 g/mol. The van der Waals surface area contributed by atoms with Crippen LogP contribution in [-0.2, 0) is 13.0 Å². The van der Waals surface area contributed by atoms with Crippen LogP contribution >= 0.6 is 11.3 Å². The summed E-state index contributed by atoms with van der Waals surface area (Å²) in [5.41, 5.74) is 11.0. The first-order chi connectivity index (χ1) is 8.75. The number of aromatic nitrogens is 1. The van der Waals surface area contributed by atoms with E-state index in [9.17, 15) is 0 Å². The zero-order chi connectivity index (χ0) is 12.8. The van der Waals surface area contributed by atoms with Gasteiger partial charge in [-0.05, 0) is 44.0 Å². The molecule has 0 amide bonds. The minimum Gasteiger partial charge on any atom is -0.399 e. The molecule has 2 aromatic rings. The molecular formula is C14H19N3S. The second-order valence-electron chi connectivity index (χ2n) is 4.39. The zero-order valence-corrected chi connectivity index (χ0v) is 11.5. The van der Waals surface area contributed by atoms with Crippen LogP contribution in [0.4, 0.5) is 5.69 Å². The van der Waals surface area contributed by atoms with Crippen molar-refractivity contribution in [2.45, 2.75) is 26.3 Å². The number of nitrogens with one attached hydrogen (secondary N) is 1. The summed E-state index contributed by atoms with van der Waals surface area (Å²) in [5.74, 6) is 0. The summed E-state index contributed by atoms with van der Waals surface area (Å²) in [6.07, 6.45) is 2.20. The molecule has 0 saturated heterocycles. The van der Waals surface area contributed by atoms with Crippen LogP contribution in [0.1, 0.15) is 22.6 Å². The third kappa shape index (κ3) is 3.82. The van der Waals surface area contributed by atoms with Gasteiger partial charge in [0.1, 0.15) is 0 Å². The standard InChI is InChI=1S/C14H19N3S/c1-11-14(18-10-17-11)9-16-7-3-5-12-4-2-6-13(15)8-12/h2,4,6,8,10,16H,3,5,7,9,15H2,1H3. The van der Waals surface area contributed by atoms with Crippen LogP contribution in [-0.4, -0.2) is 11.5 Å². The van der Waals surface area contributed by atoms with Crippen LogP contribution in [0.5, 0.6) is 0 Å². The topological polar surface area (TPSA) is 50.9 Å². The van der Waals surface area contributed by atoms with E-state index in [1.165, 1.54) is 10.4 Å². The van der Waals surface area contributed by atoms with Gasteiger partial charge in [-0.15, -0.1) is 11.3 Å². The number of nitrogens with two attached hydrogens (primary N) is 1. The van der Waals surface area contributed by atoms with Gasteiger partial charge in [-0.3, -0.25) is 0 Å². The van der Waals surface area contributed by atoms with Crippen LogP contribution in [0.2, 0.25) is 0 Å². The van der Waals surface area contributed by atoms with E-state index < -0.39 is 0 Å². The van der Waals surface area contributed by atoms with Gasteiger partial charge in [0, 0.05) is 17.1 Å². The summed E-state index contributed by atoms with van der Waals surface area (Å²) < 4.78 is 0. The minimum atomic E-state index is 0.848. The SMILES string of the molecule is Cc1ncsc1CNCCCc1cccc(N)c1. The number of hydrogen-bond donors (Lipinski definition) is 2. The van der Waals surface area contributed by atoms with Gasteiger partial charge in [-0.2, -0.15) is 0 Å². The van der Waals surface area contributed by atoms with Gasteiger partial charge in [0.05, 0.1) is 11.2 Å². The highest BCUT2D eigenvalue weighted by Gasteiger charge is 2.00. The highest BCUT2D eigenvalue weighted by molar-refractivity contribution is 7.09. The third-order valence-corrected chi connectivity index (χ3v) is 3.84. The van der Waals surface area contributed by atoms with E-state index in [1.807, 2.05) is 23.7 Å². The number of benzene rings is 1. The molecule has 1 aromatic heterocycles. The molecule has 0 radical (unpaired) electrons. The quantitative estimate of drug-likeness (QED) is 0.621. The molecule has 0 aliphatic rings. The second-order valence-corrected chi connectivity index (χ2v) is 5.33. The van der Waals surface area contributed by atoms with E-state index in [1.54, 1.807) is 11.3 Å². The Hall–Kier alpha value is -1.39. The lowest BCUT2D eigenvalue weighted by Crippen LogP contribution is -2.15. The lowest BCUT2D eigenvalue weighted by Gasteiger charge is -2.05. The summed E-state index contributed by atoms with van der Waals surface area (Å²) in [6.45, 7) is 4.00. The Balaban J connectivity index is 1.66. The van der Waals surface area contributed by atoms with Crippen molar-refractivity contribution in [3.8, 4) is 0 Å². The summed E-state index contributed by atoms with van der Waals surface area (Å²) in [6, 6.07) is 8.12. The molecule has 0 aliphatic carbocycles. The number of hydrogen-bond acceptors (Lipinski definition) is 4. The van der Waals surface area contributed by atoms with Crippen molar-refractivity contribution in [2.24, 2.45) is 0 Å². The van der Waals surface area contributed by atoms with Gasteiger partial charge >= 0.3 is 0 Å². The molecule has 1 heterocycles. The van der Waals surface area contributed by atoms with Gasteiger partial charge in [-0.25, -0.2) is 4.98 Å². The second kappa shape index (κ2) is 6.52. The number of aryl methyl sites for hydroxylation is 2. The molecule has 0 unspecified atom stereocenters. The molecule has 2 rings (SSSR count). The number of thiazole rings is 1. The summed E-state index contributed by atoms with van der Waals surface area (Å²) >= 11 is 1.72. The summed E-state index contributed by atoms with van der Waals surface area (Å²) in [5, 5.41) is 3.45. The van der Waals surface area contributed by atoms with Crippen LogP contribution in [0.3, 0.4) is 0 Å². The molecule has 4 heteroatoms. The van der Waals surface area contributed by atoms with E-state index in [4.69, 9.17) is 5.73 Å². The zero-order valence-electron chi connectivity index (χ0n) is 10.6. The Bertz CT molecular complexity index is 493. The number of anilines is 1. The molecule has 1 aromatic carbocycles. The van der Waals surface area contributed by atoms with Crippen molar-refractivity contribution in [3.05, 3.63) is 45.9 Å². The van der Waals surface area contributed by atoms with Crippen molar-refractivity contribution in [1.82, 2.24) is 10.3 Å². The fraction of sp³-hybridized carbons (Fsp3) is 0.357. The van der Waals surface area contributed by atoms with E-state index in [2.05, 4.69) is 23.3 Å². The lowest BCUT2D eigenvalue weighted by molar-refractivity contribution is 0.652. The highest BCUT2D eigenvalue weighted by Crippen LogP contribution is 2.11. The Morgan fingerprint density at radius 1 is 1.39 bits per heavy atom. The van der Waals surface area contributed by atoms with Crippen LogP contribution in [0.25, 0.3) is 0 Å². The largest absolute Gasteiger partial charge is 0.399 e. The van der Waals surface area contributed by atoms with Crippen LogP contribution < -0.4 is 11.1 Å². The molecule has 18 heavy (non-hydrogen) atoms. The molecular weight excluding hydrogens is 242 g/mol. The van der Waals surface area contributed by atoms with E-state index in [0.717, 1.165) is 37.3 Å². The molecule has 3 nitrogen and oxygen atoms in total. The fourth-order valence-electron chi connectivity index (χ4n) is 1.86. The van der Waals surface area contributed by atoms with Crippen molar-refractivity contribution in [3.63, 3.8) is 0 Å². The smallest absolute Gasteiger partial charge is 0.0798 e. The van der Waals surface area contributed by atoms with Crippen molar-refractivity contribution < 1.29 is 0 Å². The fourth-order valence-corrected chi connectivity index (χ4v) is 2.61. The van der Waals surface area contributed by atoms with Crippen molar-refractivity contribution in [1.29, 1.82) is 0 Å². The maximum absolute atomic E-state index is 5.75. The maximum Gasteiger partial charge on any atom is 0.0798 e. The first-order valence-electron chi connectivity index (χ1n) is 6.20. The summed E-state index contributed by atoms with van der Waals surface area (Å²) in [4.78, 5) is 5.57. The van der Waals surface area contributed by atoms with Crippen molar-refractivity contribution >= 4 is 17.0 Å². The predicted octanol–water partition coefficient (Wildman–Crippen LogP) is 2.76. The Morgan fingerprint density at radius 3 is 3.00 bits per heavy atom. The Labute approximate surface area is 112 Å². The molecule has 0 aliphatic heterocycles. The van der Waals surface area contributed by atoms with Gasteiger partial charge in [0.25, 0.3) is 0 Å². The normalized spacial score (nSPS) is 10.7. The monoisotopic (exact) mass is 261 g/mol. The molecule has 0 spiro atoms. The first-order valence-corrected chi connectivity index (χ1v) is 7.08. The number of nitrogen functional groups attached to an aromatic ring is 1. The van der Waals surface area contributed by atoms with Gasteiger partial charge in [0.15, 0.2) is 0 Å². The van der Waals surface area contributed by atoms with Crippen molar-refractivity contribution in [2.75, 3.05) is 12.3 Å². The predicted molar refractivity (Wildman–Crippen MR) is 77.7 cm³/mol. The molecule has 3 N–H and O–H groups in total. The van der Waals surface area contributed by atoms with Crippen LogP contribution in [0.15, 0.2) is 29.8 Å². The minimum absolute atomic E-state index is 0.848. The Morgan fingerprint density at radius 2 is 2.28 bits per heavy atom. The molecule has 0 atom stereocenters. The van der Waals surface area contributed by atoms with E-state index in [0.29, 0.717) is 0 Å². The number of rotatable bonds is 6. The van der Waals surface area contributed by atoms with Gasteiger partial charge in [-0.1, -0.05) is 12.1 Å². The lowest BCUT2D eigenvalue weighted by atomic mass is 10.1. The van der Waals surface area contributed by atoms with E-state index in [-0.39, 0.29) is 0 Å². The third-order valence-electron chi connectivity index (χ3n) is 2.90. The first kappa shape index (κ1) is 13.1. The number of nitrogens with zero attached hydrogens (tertiary/aromatic N) is 1. The van der Waals surface area contributed by atoms with Gasteiger partial charge < -0.3 is 11.1 Å². The Kier molecular flexibility index (Phi) is 4.73. The molecule has 0 bridgehead atoms. The highest BCUT2D eigenvalue weighted by atomic mass is 32.1. The molecule has 0 fully saturated rings. The molecule has 0 saturated carbocycles. The van der Waals surface area contributed by atoms with Crippen LogP contribution in [0, 0.1) is 6.92 Å². The summed E-state index contributed by atoms with van der Waals surface area (Å²) in [7, 11) is 0. The maximum atomic E-state index is 5.75.